The number of amides is 1. The summed E-state index contributed by atoms with van der Waals surface area (Å²) in [4.78, 5) is 26.8. The Morgan fingerprint density at radius 2 is 1.76 bits per heavy atom. The van der Waals surface area contributed by atoms with E-state index >= 15 is 0 Å². The predicted octanol–water partition coefficient (Wildman–Crippen LogP) is 5.11. The summed E-state index contributed by atoms with van der Waals surface area (Å²) in [7, 11) is 0. The Kier molecular flexibility index (Phi) is 6.36. The van der Waals surface area contributed by atoms with Crippen LogP contribution in [0.15, 0.2) is 53.8 Å². The first-order valence-corrected chi connectivity index (χ1v) is 9.50. The van der Waals surface area contributed by atoms with Crippen molar-refractivity contribution in [3.8, 4) is 11.1 Å². The van der Waals surface area contributed by atoms with Crippen LogP contribution in [0.3, 0.4) is 0 Å². The minimum atomic E-state index is -1.26. The van der Waals surface area contributed by atoms with Crippen molar-refractivity contribution in [3.05, 3.63) is 70.1 Å². The lowest BCUT2D eigenvalue weighted by molar-refractivity contribution is -0.143. The smallest absolute Gasteiger partial charge is 0.478 e. The van der Waals surface area contributed by atoms with Gasteiger partial charge in [0.25, 0.3) is 0 Å². The second-order valence-corrected chi connectivity index (χ2v) is 6.82. The number of hydrogen-bond donors (Lipinski definition) is 1. The topological polar surface area (TPSA) is 116 Å². The molecule has 0 aromatic heterocycles. The van der Waals surface area contributed by atoms with Gasteiger partial charge in [-0.25, -0.2) is 4.79 Å². The molecule has 0 saturated heterocycles. The average molecular weight is 394 g/mol. The number of azide groups is 1. The molecule has 29 heavy (non-hydrogen) atoms. The molecule has 2 aromatic rings. The molecule has 1 aliphatic carbocycles. The summed E-state index contributed by atoms with van der Waals surface area (Å²) in [6.07, 6.45) is 0.534. The molecule has 1 aliphatic rings. The molecule has 0 fully saturated rings. The van der Waals surface area contributed by atoms with Crippen molar-refractivity contribution in [1.29, 1.82) is 0 Å². The Balaban J connectivity index is 1.80. The van der Waals surface area contributed by atoms with Gasteiger partial charge in [-0.3, -0.25) is 0 Å². The Hall–Kier alpha value is -3.51. The SMILES string of the molecule is CCCC[C@@H](C(=O)O)N(N=[N+]=[N-])C(=O)OCC1c2ccccc2-c2ccccc21. The van der Waals surface area contributed by atoms with Crippen molar-refractivity contribution < 1.29 is 19.4 Å². The number of ether oxygens (including phenoxy) is 1. The summed E-state index contributed by atoms with van der Waals surface area (Å²) in [6.45, 7) is 1.93. The third-order valence-electron chi connectivity index (χ3n) is 5.07. The van der Waals surface area contributed by atoms with E-state index in [2.05, 4.69) is 10.1 Å². The van der Waals surface area contributed by atoms with Crippen LogP contribution in [0.5, 0.6) is 0 Å². The largest absolute Gasteiger partial charge is 0.511 e. The molecule has 1 atom stereocenters. The van der Waals surface area contributed by atoms with Gasteiger partial charge in [-0.05, 0) is 40.3 Å². The second-order valence-electron chi connectivity index (χ2n) is 6.82. The number of nitrogens with zero attached hydrogens (tertiary/aromatic N) is 4. The molecular weight excluding hydrogens is 372 g/mol. The molecule has 1 N–H and O–H groups in total. The first-order chi connectivity index (χ1) is 14.1. The fourth-order valence-electron chi connectivity index (χ4n) is 3.68. The van der Waals surface area contributed by atoms with E-state index in [1.165, 1.54) is 0 Å². The van der Waals surface area contributed by atoms with Gasteiger partial charge in [0.15, 0.2) is 0 Å². The van der Waals surface area contributed by atoms with Gasteiger partial charge < -0.3 is 9.84 Å². The molecule has 0 bridgehead atoms. The standard InChI is InChI=1S/C21H22N4O4/c1-2-3-12-19(20(26)27)25(24-23-22)21(28)29-13-18-16-10-6-4-8-14(16)15-9-5-7-11-17(15)18/h4-11,18-19H,2-3,12-13H2,1H3,(H,26,27)/t19-/m0/s1. The maximum Gasteiger partial charge on any atom is 0.511 e. The van der Waals surface area contributed by atoms with Gasteiger partial charge in [-0.2, -0.15) is 9.71 Å². The number of benzene rings is 2. The van der Waals surface area contributed by atoms with Crippen LogP contribution in [0.25, 0.3) is 21.6 Å². The van der Waals surface area contributed by atoms with Crippen molar-refractivity contribution >= 4 is 12.1 Å². The molecule has 0 unspecified atom stereocenters. The first kappa shape index (κ1) is 20.2. The highest BCUT2D eigenvalue weighted by Crippen LogP contribution is 2.44. The van der Waals surface area contributed by atoms with E-state index in [1.54, 1.807) is 0 Å². The highest BCUT2D eigenvalue weighted by molar-refractivity contribution is 5.81. The Bertz CT molecular complexity index is 910. The van der Waals surface area contributed by atoms with E-state index in [4.69, 9.17) is 10.3 Å². The van der Waals surface area contributed by atoms with Crippen LogP contribution in [0.4, 0.5) is 4.79 Å². The van der Waals surface area contributed by atoms with Crippen LogP contribution in [-0.4, -0.2) is 34.8 Å². The molecule has 0 heterocycles. The lowest BCUT2D eigenvalue weighted by Crippen LogP contribution is -2.42. The zero-order chi connectivity index (χ0) is 20.8. The van der Waals surface area contributed by atoms with Crippen LogP contribution in [0.2, 0.25) is 0 Å². The van der Waals surface area contributed by atoms with Crippen molar-refractivity contribution in [3.63, 3.8) is 0 Å². The monoisotopic (exact) mass is 394 g/mol. The normalized spacial score (nSPS) is 13.0. The van der Waals surface area contributed by atoms with Crippen LogP contribution < -0.4 is 0 Å². The van der Waals surface area contributed by atoms with Crippen molar-refractivity contribution in [1.82, 2.24) is 5.01 Å². The van der Waals surface area contributed by atoms with Crippen molar-refractivity contribution in [2.24, 2.45) is 5.22 Å². The van der Waals surface area contributed by atoms with Crippen molar-refractivity contribution in [2.75, 3.05) is 6.61 Å². The number of unbranched alkanes of at least 4 members (excludes halogenated alkanes) is 1. The maximum atomic E-state index is 12.6. The van der Waals surface area contributed by atoms with E-state index in [0.717, 1.165) is 28.7 Å². The fourth-order valence-corrected chi connectivity index (χ4v) is 3.68. The van der Waals surface area contributed by atoms with Gasteiger partial charge in [0.2, 0.25) is 6.04 Å². The number of hydrogen-bond acceptors (Lipinski definition) is 4. The highest BCUT2D eigenvalue weighted by atomic mass is 16.6. The molecule has 2 aromatic carbocycles. The highest BCUT2D eigenvalue weighted by Gasteiger charge is 2.36. The summed E-state index contributed by atoms with van der Waals surface area (Å²) in [5.41, 5.74) is 13.0. The molecule has 0 saturated carbocycles. The van der Waals surface area contributed by atoms with Crippen LogP contribution >= 0.6 is 0 Å². The van der Waals surface area contributed by atoms with E-state index in [0.29, 0.717) is 11.4 Å². The van der Waals surface area contributed by atoms with Gasteiger partial charge >= 0.3 is 12.1 Å². The summed E-state index contributed by atoms with van der Waals surface area (Å²) < 4.78 is 5.42. The number of carboxylic acids is 1. The molecule has 0 aliphatic heterocycles. The number of carboxylic acid groups (broad SMARTS) is 1. The summed E-state index contributed by atoms with van der Waals surface area (Å²) in [5.74, 6) is -1.41. The number of carbonyl (C=O) groups excluding carboxylic acids is 1. The number of carbonyl (C=O) groups is 2. The molecular formula is C21H22N4O4. The molecule has 0 radical (unpaired) electrons. The fraction of sp³-hybridized carbons (Fsp3) is 0.333. The van der Waals surface area contributed by atoms with E-state index in [-0.39, 0.29) is 18.9 Å². The first-order valence-electron chi connectivity index (χ1n) is 9.50. The Morgan fingerprint density at radius 1 is 1.17 bits per heavy atom. The minimum absolute atomic E-state index is 0.0183. The third-order valence-corrected chi connectivity index (χ3v) is 5.07. The van der Waals surface area contributed by atoms with Crippen LogP contribution in [-0.2, 0) is 9.53 Å². The molecule has 8 nitrogen and oxygen atoms in total. The van der Waals surface area contributed by atoms with Gasteiger partial charge in [-0.15, -0.1) is 10.5 Å². The number of aliphatic carboxylic acids is 1. The van der Waals surface area contributed by atoms with Gasteiger partial charge in [-0.1, -0.05) is 61.9 Å². The van der Waals surface area contributed by atoms with E-state index < -0.39 is 18.1 Å². The summed E-state index contributed by atoms with van der Waals surface area (Å²) in [6, 6.07) is 14.5. The minimum Gasteiger partial charge on any atom is -0.478 e. The zero-order valence-corrected chi connectivity index (χ0v) is 16.1. The summed E-state index contributed by atoms with van der Waals surface area (Å²) >= 11 is 0. The van der Waals surface area contributed by atoms with Crippen molar-refractivity contribution in [2.45, 2.75) is 38.1 Å². The molecule has 150 valence electrons. The zero-order valence-electron chi connectivity index (χ0n) is 16.1. The van der Waals surface area contributed by atoms with Crippen LogP contribution in [0, 0.1) is 0 Å². The predicted molar refractivity (Wildman–Crippen MR) is 107 cm³/mol. The quantitative estimate of drug-likeness (QED) is 0.290. The maximum absolute atomic E-state index is 12.6. The number of rotatable bonds is 8. The Labute approximate surface area is 168 Å². The molecule has 8 heteroatoms. The van der Waals surface area contributed by atoms with Crippen LogP contribution in [0.1, 0.15) is 43.2 Å². The van der Waals surface area contributed by atoms with Gasteiger partial charge in [0.05, 0.1) is 0 Å². The van der Waals surface area contributed by atoms with E-state index in [9.17, 15) is 14.7 Å². The van der Waals surface area contributed by atoms with Gasteiger partial charge in [0, 0.05) is 5.92 Å². The molecule has 1 amide bonds. The van der Waals surface area contributed by atoms with Gasteiger partial charge in [0.1, 0.15) is 6.61 Å². The third kappa shape index (κ3) is 4.17. The van der Waals surface area contributed by atoms with E-state index in [1.807, 2.05) is 55.5 Å². The Morgan fingerprint density at radius 3 is 2.28 bits per heavy atom. The molecule has 0 spiro atoms. The number of fused-ring (bicyclic) bond motifs is 3. The lowest BCUT2D eigenvalue weighted by atomic mass is 9.98. The average Bonchev–Trinajstić information content (AvgIpc) is 3.05. The summed E-state index contributed by atoms with van der Waals surface area (Å²) in [5, 5.41) is 13.3. The lowest BCUT2D eigenvalue weighted by Gasteiger charge is -2.20. The molecule has 3 rings (SSSR count). The second kappa shape index (κ2) is 9.12.